The molecule has 0 aromatic heterocycles. The molecule has 1 N–H and O–H groups in total. The molecule has 1 rings (SSSR count). The van der Waals surface area contributed by atoms with Gasteiger partial charge in [-0.25, -0.2) is 4.79 Å². The smallest absolute Gasteiger partial charge is 0.328 e. The van der Waals surface area contributed by atoms with Crippen molar-refractivity contribution in [3.05, 3.63) is 34.4 Å². The Bertz CT molecular complexity index is 448. The van der Waals surface area contributed by atoms with Crippen LogP contribution in [0.15, 0.2) is 24.3 Å². The van der Waals surface area contributed by atoms with Gasteiger partial charge in [0.15, 0.2) is 0 Å². The summed E-state index contributed by atoms with van der Waals surface area (Å²) in [5.74, 6) is -0.411. The molecule has 0 amide bonds. The quantitative estimate of drug-likeness (QED) is 0.355. The SMILES string of the molecule is CCCCOC(=O)C(C)Nc1ccccc1[N+](=O)[O-]. The van der Waals surface area contributed by atoms with Gasteiger partial charge in [0.05, 0.1) is 11.5 Å². The fourth-order valence-corrected chi connectivity index (χ4v) is 1.49. The van der Waals surface area contributed by atoms with Crippen LogP contribution in [-0.2, 0) is 9.53 Å². The third kappa shape index (κ3) is 4.57. The number of ether oxygens (including phenoxy) is 1. The minimum atomic E-state index is -0.627. The van der Waals surface area contributed by atoms with E-state index in [2.05, 4.69) is 5.32 Å². The molecule has 0 spiro atoms. The average Bonchev–Trinajstić information content (AvgIpc) is 2.39. The first-order valence-corrected chi connectivity index (χ1v) is 6.22. The number of anilines is 1. The number of hydrogen-bond donors (Lipinski definition) is 1. The maximum absolute atomic E-state index is 11.6. The molecule has 1 aromatic rings. The molecule has 1 atom stereocenters. The minimum Gasteiger partial charge on any atom is -0.464 e. The molecular formula is C13H18N2O4. The highest BCUT2D eigenvalue weighted by Gasteiger charge is 2.19. The fraction of sp³-hybridized carbons (Fsp3) is 0.462. The Balaban J connectivity index is 2.63. The zero-order chi connectivity index (χ0) is 14.3. The van der Waals surface area contributed by atoms with Gasteiger partial charge in [-0.05, 0) is 19.4 Å². The van der Waals surface area contributed by atoms with Crippen molar-refractivity contribution < 1.29 is 14.5 Å². The second-order valence-corrected chi connectivity index (χ2v) is 4.16. The predicted octanol–water partition coefficient (Wildman–Crippen LogP) is 2.74. The Morgan fingerprint density at radius 2 is 2.16 bits per heavy atom. The van der Waals surface area contributed by atoms with E-state index in [1.165, 1.54) is 6.07 Å². The molecule has 6 nitrogen and oxygen atoms in total. The lowest BCUT2D eigenvalue weighted by molar-refractivity contribution is -0.384. The number of esters is 1. The summed E-state index contributed by atoms with van der Waals surface area (Å²) >= 11 is 0. The van der Waals surface area contributed by atoms with E-state index in [0.717, 1.165) is 12.8 Å². The molecule has 104 valence electrons. The summed E-state index contributed by atoms with van der Waals surface area (Å²) in [5, 5.41) is 13.6. The van der Waals surface area contributed by atoms with Crippen molar-refractivity contribution in [1.82, 2.24) is 0 Å². The number of rotatable bonds is 7. The maximum atomic E-state index is 11.6. The molecule has 0 aliphatic carbocycles. The van der Waals surface area contributed by atoms with Crippen LogP contribution in [0.3, 0.4) is 0 Å². The monoisotopic (exact) mass is 266 g/mol. The molecule has 0 fully saturated rings. The highest BCUT2D eigenvalue weighted by atomic mass is 16.6. The minimum absolute atomic E-state index is 0.0595. The van der Waals surface area contributed by atoms with E-state index in [-0.39, 0.29) is 5.69 Å². The number of carbonyl (C=O) groups is 1. The first kappa shape index (κ1) is 14.9. The second-order valence-electron chi connectivity index (χ2n) is 4.16. The third-order valence-electron chi connectivity index (χ3n) is 2.57. The number of nitro groups is 1. The molecule has 0 aliphatic rings. The summed E-state index contributed by atoms with van der Waals surface area (Å²) in [6.07, 6.45) is 1.75. The van der Waals surface area contributed by atoms with Gasteiger partial charge in [-0.2, -0.15) is 0 Å². The molecule has 19 heavy (non-hydrogen) atoms. The first-order chi connectivity index (χ1) is 9.06. The summed E-state index contributed by atoms with van der Waals surface area (Å²) in [7, 11) is 0. The van der Waals surface area contributed by atoms with Crippen molar-refractivity contribution in [2.24, 2.45) is 0 Å². The Hall–Kier alpha value is -2.11. The fourth-order valence-electron chi connectivity index (χ4n) is 1.49. The van der Waals surface area contributed by atoms with Crippen LogP contribution < -0.4 is 5.32 Å². The van der Waals surface area contributed by atoms with Gasteiger partial charge >= 0.3 is 5.97 Å². The maximum Gasteiger partial charge on any atom is 0.328 e. The van der Waals surface area contributed by atoms with E-state index in [1.54, 1.807) is 25.1 Å². The predicted molar refractivity (Wildman–Crippen MR) is 72.0 cm³/mol. The molecule has 0 saturated heterocycles. The highest BCUT2D eigenvalue weighted by molar-refractivity contribution is 5.80. The summed E-state index contributed by atoms with van der Waals surface area (Å²) in [5.41, 5.74) is 0.253. The molecule has 0 aliphatic heterocycles. The van der Waals surface area contributed by atoms with Crippen molar-refractivity contribution in [2.45, 2.75) is 32.7 Å². The standard InChI is InChI=1S/C13H18N2O4/c1-3-4-9-19-13(16)10(2)14-11-7-5-6-8-12(11)15(17)18/h5-8,10,14H,3-4,9H2,1-2H3. The van der Waals surface area contributed by atoms with E-state index in [4.69, 9.17) is 4.74 Å². The Labute approximate surface area is 111 Å². The zero-order valence-corrected chi connectivity index (χ0v) is 11.1. The van der Waals surface area contributed by atoms with Gasteiger partial charge in [-0.15, -0.1) is 0 Å². The number of nitro benzene ring substituents is 1. The van der Waals surface area contributed by atoms with E-state index in [0.29, 0.717) is 12.3 Å². The third-order valence-corrected chi connectivity index (χ3v) is 2.57. The Morgan fingerprint density at radius 1 is 1.47 bits per heavy atom. The van der Waals surface area contributed by atoms with Gasteiger partial charge in [-0.3, -0.25) is 10.1 Å². The topological polar surface area (TPSA) is 81.5 Å². The molecule has 6 heteroatoms. The van der Waals surface area contributed by atoms with Crippen LogP contribution in [-0.4, -0.2) is 23.5 Å². The van der Waals surface area contributed by atoms with Gasteiger partial charge in [0.1, 0.15) is 11.7 Å². The molecule has 0 radical (unpaired) electrons. The number of nitrogens with one attached hydrogen (secondary N) is 1. The lowest BCUT2D eigenvalue weighted by Crippen LogP contribution is -2.28. The molecule has 0 saturated carbocycles. The van der Waals surface area contributed by atoms with Crippen molar-refractivity contribution in [3.8, 4) is 0 Å². The molecule has 0 bridgehead atoms. The molecule has 1 aromatic carbocycles. The van der Waals surface area contributed by atoms with Crippen LogP contribution in [0.4, 0.5) is 11.4 Å². The van der Waals surface area contributed by atoms with E-state index < -0.39 is 16.9 Å². The zero-order valence-electron chi connectivity index (χ0n) is 11.1. The number of carbonyl (C=O) groups excluding carboxylic acids is 1. The van der Waals surface area contributed by atoms with Crippen LogP contribution in [0, 0.1) is 10.1 Å². The van der Waals surface area contributed by atoms with Crippen molar-refractivity contribution in [2.75, 3.05) is 11.9 Å². The molecular weight excluding hydrogens is 248 g/mol. The average molecular weight is 266 g/mol. The van der Waals surface area contributed by atoms with E-state index in [9.17, 15) is 14.9 Å². The van der Waals surface area contributed by atoms with Gasteiger partial charge in [0.25, 0.3) is 5.69 Å². The van der Waals surface area contributed by atoms with Crippen LogP contribution in [0.5, 0.6) is 0 Å². The van der Waals surface area contributed by atoms with Crippen LogP contribution >= 0.6 is 0 Å². The summed E-state index contributed by atoms with van der Waals surface area (Å²) < 4.78 is 5.05. The Morgan fingerprint density at radius 3 is 2.79 bits per heavy atom. The normalized spacial score (nSPS) is 11.7. The van der Waals surface area contributed by atoms with Crippen LogP contribution in [0.2, 0.25) is 0 Å². The van der Waals surface area contributed by atoms with Gasteiger partial charge in [0, 0.05) is 6.07 Å². The molecule has 1 unspecified atom stereocenters. The van der Waals surface area contributed by atoms with Crippen molar-refractivity contribution in [3.63, 3.8) is 0 Å². The largest absolute Gasteiger partial charge is 0.464 e. The molecule has 0 heterocycles. The van der Waals surface area contributed by atoms with Gasteiger partial charge in [-0.1, -0.05) is 25.5 Å². The van der Waals surface area contributed by atoms with Crippen LogP contribution in [0.1, 0.15) is 26.7 Å². The number of benzene rings is 1. The van der Waals surface area contributed by atoms with Crippen molar-refractivity contribution in [1.29, 1.82) is 0 Å². The van der Waals surface area contributed by atoms with Gasteiger partial charge in [0.2, 0.25) is 0 Å². The lowest BCUT2D eigenvalue weighted by Gasteiger charge is -2.14. The number of hydrogen-bond acceptors (Lipinski definition) is 5. The Kier molecular flexibility index (Phi) is 5.78. The van der Waals surface area contributed by atoms with Crippen LogP contribution in [0.25, 0.3) is 0 Å². The number of para-hydroxylation sites is 2. The van der Waals surface area contributed by atoms with Crippen molar-refractivity contribution >= 4 is 17.3 Å². The first-order valence-electron chi connectivity index (χ1n) is 6.22. The second kappa shape index (κ2) is 7.35. The summed E-state index contributed by atoms with van der Waals surface area (Å²) in [6, 6.07) is 5.57. The lowest BCUT2D eigenvalue weighted by atomic mass is 10.2. The number of unbranched alkanes of at least 4 members (excludes halogenated alkanes) is 1. The number of nitrogens with zero attached hydrogens (tertiary/aromatic N) is 1. The summed E-state index contributed by atoms with van der Waals surface area (Å²) in [6.45, 7) is 3.99. The van der Waals surface area contributed by atoms with E-state index in [1.807, 2.05) is 6.92 Å². The highest BCUT2D eigenvalue weighted by Crippen LogP contribution is 2.23. The van der Waals surface area contributed by atoms with E-state index >= 15 is 0 Å². The summed E-state index contributed by atoms with van der Waals surface area (Å²) in [4.78, 5) is 22.0. The van der Waals surface area contributed by atoms with Gasteiger partial charge < -0.3 is 10.1 Å².